The second-order valence-corrected chi connectivity index (χ2v) is 3.42. The molecule has 0 aromatic carbocycles. The summed E-state index contributed by atoms with van der Waals surface area (Å²) in [6, 6.07) is 3.20. The van der Waals surface area contributed by atoms with Crippen LogP contribution in [-0.4, -0.2) is 4.98 Å². The molecular weight excluding hydrogens is 297 g/mol. The van der Waals surface area contributed by atoms with Crippen molar-refractivity contribution in [2.75, 3.05) is 0 Å². The first-order chi connectivity index (χ1) is 4.20. The Bertz CT molecular complexity index is 270. The lowest BCUT2D eigenvalue weighted by Crippen LogP contribution is -2.04. The van der Waals surface area contributed by atoms with Gasteiger partial charge in [-0.15, -0.1) is 0 Å². The maximum Gasteiger partial charge on any atom is 0.248 e. The number of aromatic amines is 1. The summed E-state index contributed by atoms with van der Waals surface area (Å²) in [5.74, 6) is 0. The van der Waals surface area contributed by atoms with Gasteiger partial charge in [0.2, 0.25) is 5.56 Å². The van der Waals surface area contributed by atoms with Crippen molar-refractivity contribution in [3.05, 3.63) is 30.7 Å². The van der Waals surface area contributed by atoms with E-state index in [1.807, 2.05) is 22.6 Å². The van der Waals surface area contributed by atoms with Crippen molar-refractivity contribution < 1.29 is 0 Å². The fourth-order valence-corrected chi connectivity index (χ4v) is 1.11. The average molecular weight is 300 g/mol. The Morgan fingerprint density at radius 3 is 2.67 bits per heavy atom. The van der Waals surface area contributed by atoms with E-state index in [4.69, 9.17) is 0 Å². The Kier molecular flexibility index (Phi) is 2.29. The zero-order chi connectivity index (χ0) is 6.85. The fourth-order valence-electron chi connectivity index (χ4n) is 0.432. The molecule has 4 heteroatoms. The maximum absolute atomic E-state index is 10.6. The van der Waals surface area contributed by atoms with Crippen molar-refractivity contribution in [1.29, 1.82) is 0 Å². The molecule has 1 N–H and O–H groups in total. The molecule has 0 atom stereocenters. The number of pyridine rings is 1. The Morgan fingerprint density at radius 2 is 2.22 bits per heavy atom. The molecule has 1 aromatic rings. The highest BCUT2D eigenvalue weighted by molar-refractivity contribution is 14.1. The van der Waals surface area contributed by atoms with E-state index in [-0.39, 0.29) is 5.56 Å². The summed E-state index contributed by atoms with van der Waals surface area (Å²) in [5, 5.41) is 0. The molecule has 0 bridgehead atoms. The highest BCUT2D eigenvalue weighted by Crippen LogP contribution is 2.12. The second kappa shape index (κ2) is 2.83. The first-order valence-corrected chi connectivity index (χ1v) is 4.11. The van der Waals surface area contributed by atoms with Gasteiger partial charge in [0.05, 0.1) is 3.70 Å². The minimum absolute atomic E-state index is 0.0670. The number of aromatic nitrogens is 1. The number of hydrogen-bond donors (Lipinski definition) is 1. The third-order valence-electron chi connectivity index (χ3n) is 0.824. The van der Waals surface area contributed by atoms with Crippen molar-refractivity contribution in [3.8, 4) is 0 Å². The molecule has 0 unspecified atom stereocenters. The molecule has 0 fully saturated rings. The van der Waals surface area contributed by atoms with E-state index in [9.17, 15) is 4.79 Å². The van der Waals surface area contributed by atoms with Gasteiger partial charge in [0, 0.05) is 10.5 Å². The van der Waals surface area contributed by atoms with Crippen LogP contribution in [0.3, 0.4) is 0 Å². The van der Waals surface area contributed by atoms with E-state index in [0.717, 1.165) is 8.17 Å². The summed E-state index contributed by atoms with van der Waals surface area (Å²) < 4.78 is 1.75. The molecule has 1 heterocycles. The number of rotatable bonds is 0. The molecule has 0 aliphatic heterocycles. The monoisotopic (exact) mass is 299 g/mol. The molecule has 9 heavy (non-hydrogen) atoms. The number of hydrogen-bond acceptors (Lipinski definition) is 1. The highest BCUT2D eigenvalue weighted by Gasteiger charge is 1.92. The average Bonchev–Trinajstić information content (AvgIpc) is 1.80. The first-order valence-electron chi connectivity index (χ1n) is 2.24. The van der Waals surface area contributed by atoms with Gasteiger partial charge in [-0.1, -0.05) is 0 Å². The Labute approximate surface area is 73.9 Å². The molecule has 0 amide bonds. The Hall–Kier alpha value is 0.160. The predicted octanol–water partition coefficient (Wildman–Crippen LogP) is 1.74. The van der Waals surface area contributed by atoms with Crippen LogP contribution in [0.25, 0.3) is 0 Å². The SMILES string of the molecule is O=c1ccc(Br)c(I)[nH]1. The molecule has 1 aromatic heterocycles. The summed E-state index contributed by atoms with van der Waals surface area (Å²) in [6.07, 6.45) is 0. The van der Waals surface area contributed by atoms with E-state index in [1.165, 1.54) is 6.07 Å². The van der Waals surface area contributed by atoms with Gasteiger partial charge in [0.15, 0.2) is 0 Å². The number of H-pyrrole nitrogens is 1. The lowest BCUT2D eigenvalue weighted by Gasteiger charge is -1.90. The molecule has 1 rings (SSSR count). The lowest BCUT2D eigenvalue weighted by atomic mass is 10.5. The molecule has 0 aliphatic rings. The van der Waals surface area contributed by atoms with E-state index in [1.54, 1.807) is 6.07 Å². The van der Waals surface area contributed by atoms with Crippen molar-refractivity contribution in [1.82, 2.24) is 4.98 Å². The van der Waals surface area contributed by atoms with Crippen molar-refractivity contribution in [2.24, 2.45) is 0 Å². The van der Waals surface area contributed by atoms with Gasteiger partial charge in [-0.3, -0.25) is 4.79 Å². The highest BCUT2D eigenvalue weighted by atomic mass is 127. The largest absolute Gasteiger partial charge is 0.316 e. The normalized spacial score (nSPS) is 9.56. The summed E-state index contributed by atoms with van der Waals surface area (Å²) in [4.78, 5) is 13.2. The van der Waals surface area contributed by atoms with Gasteiger partial charge in [0.25, 0.3) is 0 Å². The van der Waals surface area contributed by atoms with Gasteiger partial charge >= 0.3 is 0 Å². The van der Waals surface area contributed by atoms with Crippen LogP contribution in [0.5, 0.6) is 0 Å². The molecule has 2 nitrogen and oxygen atoms in total. The summed E-state index contributed by atoms with van der Waals surface area (Å²) in [6.45, 7) is 0. The van der Waals surface area contributed by atoms with Crippen molar-refractivity contribution in [3.63, 3.8) is 0 Å². The third kappa shape index (κ3) is 1.79. The van der Waals surface area contributed by atoms with Crippen LogP contribution in [0.4, 0.5) is 0 Å². The smallest absolute Gasteiger partial charge is 0.248 e. The molecule has 0 spiro atoms. The minimum Gasteiger partial charge on any atom is -0.316 e. The summed E-state index contributed by atoms with van der Waals surface area (Å²) in [5.41, 5.74) is -0.0670. The molecule has 0 aliphatic carbocycles. The van der Waals surface area contributed by atoms with Crippen LogP contribution in [0.15, 0.2) is 21.4 Å². The topological polar surface area (TPSA) is 32.9 Å². The number of nitrogens with one attached hydrogen (secondary N) is 1. The molecule has 0 saturated carbocycles. The second-order valence-electron chi connectivity index (χ2n) is 1.48. The molecular formula is C5H3BrINO. The Morgan fingerprint density at radius 1 is 1.56 bits per heavy atom. The predicted molar refractivity (Wildman–Crippen MR) is 47.5 cm³/mol. The van der Waals surface area contributed by atoms with Crippen molar-refractivity contribution in [2.45, 2.75) is 0 Å². The van der Waals surface area contributed by atoms with Gasteiger partial charge in [-0.2, -0.15) is 0 Å². The summed E-state index contributed by atoms with van der Waals surface area (Å²) >= 11 is 5.30. The zero-order valence-electron chi connectivity index (χ0n) is 4.32. The van der Waals surface area contributed by atoms with E-state index >= 15 is 0 Å². The van der Waals surface area contributed by atoms with Gasteiger partial charge in [-0.05, 0) is 44.6 Å². The van der Waals surface area contributed by atoms with Crippen LogP contribution in [0.2, 0.25) is 0 Å². The molecule has 48 valence electrons. The molecule has 0 radical (unpaired) electrons. The quantitative estimate of drug-likeness (QED) is 0.574. The minimum atomic E-state index is -0.0670. The van der Waals surface area contributed by atoms with Gasteiger partial charge < -0.3 is 4.98 Å². The van der Waals surface area contributed by atoms with Crippen LogP contribution in [0, 0.1) is 3.70 Å². The lowest BCUT2D eigenvalue weighted by molar-refractivity contribution is 1.18. The maximum atomic E-state index is 10.6. The summed E-state index contributed by atoms with van der Waals surface area (Å²) in [7, 11) is 0. The standard InChI is InChI=1S/C5H3BrINO/c6-3-1-2-4(9)8-5(3)7/h1-2H,(H,8,9). The van der Waals surface area contributed by atoms with E-state index in [2.05, 4.69) is 20.9 Å². The Balaban J connectivity index is 3.34. The van der Waals surface area contributed by atoms with Crippen LogP contribution in [0.1, 0.15) is 0 Å². The molecule has 0 saturated heterocycles. The first kappa shape index (κ1) is 7.27. The van der Waals surface area contributed by atoms with E-state index in [0.29, 0.717) is 0 Å². The van der Waals surface area contributed by atoms with Crippen LogP contribution < -0.4 is 5.56 Å². The van der Waals surface area contributed by atoms with Crippen molar-refractivity contribution >= 4 is 38.5 Å². The van der Waals surface area contributed by atoms with Crippen LogP contribution >= 0.6 is 38.5 Å². The third-order valence-corrected chi connectivity index (χ3v) is 3.08. The van der Waals surface area contributed by atoms with E-state index < -0.39 is 0 Å². The zero-order valence-corrected chi connectivity index (χ0v) is 8.06. The number of halogens is 2. The van der Waals surface area contributed by atoms with Crippen LogP contribution in [-0.2, 0) is 0 Å². The van der Waals surface area contributed by atoms with Gasteiger partial charge in [0.1, 0.15) is 0 Å². The fraction of sp³-hybridized carbons (Fsp3) is 0. The van der Waals surface area contributed by atoms with Gasteiger partial charge in [-0.25, -0.2) is 0 Å².